The lowest BCUT2D eigenvalue weighted by Crippen LogP contribution is -2.06. The first kappa shape index (κ1) is 19.1. The molecule has 1 aromatic rings. The molecule has 0 aliphatic rings. The second-order valence-corrected chi connectivity index (χ2v) is 7.84. The quantitative estimate of drug-likeness (QED) is 0.355. The van der Waals surface area contributed by atoms with E-state index < -0.39 is 0 Å². The molecule has 0 aliphatic carbocycles. The molecule has 0 spiro atoms. The molecule has 0 fully saturated rings. The van der Waals surface area contributed by atoms with E-state index in [0.29, 0.717) is 13.2 Å². The highest BCUT2D eigenvalue weighted by Gasteiger charge is 2.05. The normalized spacial score (nSPS) is 14.2. The monoisotopic (exact) mass is 534 g/mol. The summed E-state index contributed by atoms with van der Waals surface area (Å²) in [6, 6.07) is 8.33. The van der Waals surface area contributed by atoms with Crippen molar-refractivity contribution in [2.24, 2.45) is 0 Å². The lowest BCUT2D eigenvalue weighted by molar-refractivity contribution is 0.100. The van der Waals surface area contributed by atoms with Crippen molar-refractivity contribution in [3.63, 3.8) is 0 Å². The summed E-state index contributed by atoms with van der Waals surface area (Å²) in [6.45, 7) is 1.24. The molecule has 0 bridgehead atoms. The van der Waals surface area contributed by atoms with Crippen LogP contribution < -0.4 is 0 Å². The fourth-order valence-electron chi connectivity index (χ4n) is 1.44. The van der Waals surface area contributed by atoms with Gasteiger partial charge in [-0.15, -0.1) is 0 Å². The second kappa shape index (κ2) is 11.6. The Hall–Kier alpha value is 1.06. The summed E-state index contributed by atoms with van der Waals surface area (Å²) in [5.41, 5.74) is 2.34. The largest absolute Gasteiger partial charge is 0.362 e. The summed E-state index contributed by atoms with van der Waals surface area (Å²) >= 11 is 13.8. The molecular formula is C14H18Br4O2. The minimum Gasteiger partial charge on any atom is -0.362 e. The van der Waals surface area contributed by atoms with Gasteiger partial charge in [-0.1, -0.05) is 88.0 Å². The maximum absolute atomic E-state index is 5.68. The zero-order chi connectivity index (χ0) is 14.8. The zero-order valence-electron chi connectivity index (χ0n) is 11.0. The maximum atomic E-state index is 5.68. The van der Waals surface area contributed by atoms with E-state index in [1.807, 2.05) is 0 Å². The summed E-state index contributed by atoms with van der Waals surface area (Å²) in [7, 11) is 0. The molecule has 0 radical (unpaired) electrons. The Kier molecular flexibility index (Phi) is 11.1. The van der Waals surface area contributed by atoms with Gasteiger partial charge in [0.1, 0.15) is 10.0 Å². The molecule has 2 atom stereocenters. The molecule has 2 nitrogen and oxygen atoms in total. The highest BCUT2D eigenvalue weighted by atomic mass is 79.9. The fourth-order valence-corrected chi connectivity index (χ4v) is 4.23. The van der Waals surface area contributed by atoms with Gasteiger partial charge in [0.15, 0.2) is 0 Å². The lowest BCUT2D eigenvalue weighted by Gasteiger charge is -2.12. The van der Waals surface area contributed by atoms with Crippen molar-refractivity contribution in [2.75, 3.05) is 10.7 Å². The van der Waals surface area contributed by atoms with Gasteiger partial charge in [-0.25, -0.2) is 0 Å². The molecule has 0 aromatic heterocycles. The molecule has 6 heteroatoms. The molecular weight excluding hydrogens is 520 g/mol. The molecule has 20 heavy (non-hydrogen) atoms. The van der Waals surface area contributed by atoms with E-state index in [-0.39, 0.29) is 10.0 Å². The third-order valence-corrected chi connectivity index (χ3v) is 4.92. The lowest BCUT2D eigenvalue weighted by atomic mass is 10.1. The third-order valence-electron chi connectivity index (χ3n) is 2.56. The van der Waals surface area contributed by atoms with Crippen LogP contribution in [0.2, 0.25) is 0 Å². The van der Waals surface area contributed by atoms with E-state index in [1.54, 1.807) is 0 Å². The Balaban J connectivity index is 2.32. The smallest absolute Gasteiger partial charge is 0.113 e. The van der Waals surface area contributed by atoms with Gasteiger partial charge < -0.3 is 9.47 Å². The molecule has 114 valence electrons. The predicted octanol–water partition coefficient (Wildman–Crippen LogP) is 5.73. The average molecular weight is 538 g/mol. The van der Waals surface area contributed by atoms with Crippen LogP contribution in [0.4, 0.5) is 0 Å². The standard InChI is InChI=1S/C14H18Br4O2/c15-7-5-13(17)19-9-11-1-2-12(4-3-11)10-20-14(18)6-8-16/h1-4,13-14H,5-10H2. The first-order chi connectivity index (χ1) is 9.65. The molecule has 0 amide bonds. The van der Waals surface area contributed by atoms with E-state index in [2.05, 4.69) is 88.0 Å². The van der Waals surface area contributed by atoms with Gasteiger partial charge in [0.2, 0.25) is 0 Å². The van der Waals surface area contributed by atoms with Crippen molar-refractivity contribution >= 4 is 63.7 Å². The van der Waals surface area contributed by atoms with Crippen LogP contribution in [0.15, 0.2) is 24.3 Å². The Bertz CT molecular complexity index is 324. The number of alkyl halides is 4. The highest BCUT2D eigenvalue weighted by Crippen LogP contribution is 2.15. The Labute approximate surface area is 154 Å². The van der Waals surface area contributed by atoms with E-state index >= 15 is 0 Å². The Morgan fingerprint density at radius 2 is 1.10 bits per heavy atom. The molecule has 0 saturated carbocycles. The number of hydrogen-bond acceptors (Lipinski definition) is 2. The zero-order valence-corrected chi connectivity index (χ0v) is 17.4. The first-order valence-corrected chi connectivity index (χ1v) is 10.4. The Morgan fingerprint density at radius 1 is 0.750 bits per heavy atom. The summed E-state index contributed by atoms with van der Waals surface area (Å²) in [6.07, 6.45) is 1.90. The molecule has 1 rings (SSSR count). The number of ether oxygens (including phenoxy) is 2. The molecule has 0 aliphatic heterocycles. The van der Waals surface area contributed by atoms with Gasteiger partial charge >= 0.3 is 0 Å². The number of rotatable bonds is 10. The van der Waals surface area contributed by atoms with Crippen molar-refractivity contribution in [3.05, 3.63) is 35.4 Å². The van der Waals surface area contributed by atoms with Crippen LogP contribution in [-0.2, 0) is 22.7 Å². The minimum atomic E-state index is 0.100. The van der Waals surface area contributed by atoms with Crippen LogP contribution in [0.1, 0.15) is 24.0 Å². The van der Waals surface area contributed by atoms with Gasteiger partial charge in [0.05, 0.1) is 13.2 Å². The number of benzene rings is 1. The van der Waals surface area contributed by atoms with E-state index in [4.69, 9.17) is 9.47 Å². The fraction of sp³-hybridized carbons (Fsp3) is 0.571. The van der Waals surface area contributed by atoms with Gasteiger partial charge in [-0.3, -0.25) is 0 Å². The first-order valence-electron chi connectivity index (χ1n) is 6.36. The number of hydrogen-bond donors (Lipinski definition) is 0. The SMILES string of the molecule is BrCCC(Br)OCc1ccc(COC(Br)CCBr)cc1. The molecule has 0 heterocycles. The summed E-state index contributed by atoms with van der Waals surface area (Å²) in [5.74, 6) is 0. The van der Waals surface area contributed by atoms with E-state index in [1.165, 1.54) is 11.1 Å². The van der Waals surface area contributed by atoms with Crippen molar-refractivity contribution in [1.82, 2.24) is 0 Å². The molecule has 2 unspecified atom stereocenters. The van der Waals surface area contributed by atoms with Gasteiger partial charge in [0.25, 0.3) is 0 Å². The summed E-state index contributed by atoms with van der Waals surface area (Å²) in [4.78, 5) is 0. The predicted molar refractivity (Wildman–Crippen MR) is 98.3 cm³/mol. The van der Waals surface area contributed by atoms with Gasteiger partial charge in [-0.05, 0) is 24.0 Å². The Morgan fingerprint density at radius 3 is 1.40 bits per heavy atom. The van der Waals surface area contributed by atoms with Crippen LogP contribution in [0.3, 0.4) is 0 Å². The molecule has 0 N–H and O–H groups in total. The molecule has 0 saturated heterocycles. The van der Waals surface area contributed by atoms with Gasteiger partial charge in [-0.2, -0.15) is 0 Å². The topological polar surface area (TPSA) is 18.5 Å². The average Bonchev–Trinajstić information content (AvgIpc) is 2.45. The third kappa shape index (κ3) is 8.49. The van der Waals surface area contributed by atoms with Crippen LogP contribution >= 0.6 is 63.7 Å². The molecule has 1 aromatic carbocycles. The summed E-state index contributed by atoms with van der Waals surface area (Å²) < 4.78 is 11.4. The van der Waals surface area contributed by atoms with Crippen LogP contribution in [0, 0.1) is 0 Å². The van der Waals surface area contributed by atoms with Crippen molar-refractivity contribution < 1.29 is 9.47 Å². The maximum Gasteiger partial charge on any atom is 0.113 e. The minimum absolute atomic E-state index is 0.100. The van der Waals surface area contributed by atoms with E-state index in [0.717, 1.165) is 23.5 Å². The van der Waals surface area contributed by atoms with E-state index in [9.17, 15) is 0 Å². The summed E-state index contributed by atoms with van der Waals surface area (Å²) in [5, 5.41) is 2.06. The highest BCUT2D eigenvalue weighted by molar-refractivity contribution is 9.10. The second-order valence-electron chi connectivity index (χ2n) is 4.21. The van der Waals surface area contributed by atoms with Crippen molar-refractivity contribution in [2.45, 2.75) is 36.1 Å². The number of halogens is 4. The van der Waals surface area contributed by atoms with Crippen LogP contribution in [0.5, 0.6) is 0 Å². The van der Waals surface area contributed by atoms with Crippen LogP contribution in [-0.4, -0.2) is 20.7 Å². The van der Waals surface area contributed by atoms with Crippen molar-refractivity contribution in [3.8, 4) is 0 Å². The van der Waals surface area contributed by atoms with Crippen molar-refractivity contribution in [1.29, 1.82) is 0 Å². The van der Waals surface area contributed by atoms with Crippen LogP contribution in [0.25, 0.3) is 0 Å². The van der Waals surface area contributed by atoms with Gasteiger partial charge in [0, 0.05) is 10.7 Å².